The zero-order chi connectivity index (χ0) is 12.0. The van der Waals surface area contributed by atoms with E-state index >= 15 is 0 Å². The summed E-state index contributed by atoms with van der Waals surface area (Å²) in [6, 6.07) is 5.55. The maximum atomic E-state index is 11.6. The molecule has 4 heteroatoms. The van der Waals surface area contributed by atoms with E-state index in [1.54, 1.807) is 6.07 Å². The smallest absolute Gasteiger partial charge is 0.224 e. The van der Waals surface area contributed by atoms with Crippen molar-refractivity contribution in [3.8, 4) is 0 Å². The van der Waals surface area contributed by atoms with Crippen LogP contribution >= 0.6 is 12.4 Å². The van der Waals surface area contributed by atoms with Crippen molar-refractivity contribution in [2.24, 2.45) is 0 Å². The zero-order valence-corrected chi connectivity index (χ0v) is 11.3. The molecule has 0 bridgehead atoms. The second-order valence-corrected chi connectivity index (χ2v) is 4.08. The molecule has 0 saturated carbocycles. The largest absolute Gasteiger partial charge is 0.399 e. The Labute approximate surface area is 109 Å². The second-order valence-electron chi connectivity index (χ2n) is 4.08. The van der Waals surface area contributed by atoms with Crippen molar-refractivity contribution >= 4 is 29.7 Å². The van der Waals surface area contributed by atoms with Crippen LogP contribution in [0.4, 0.5) is 11.4 Å². The molecule has 1 aromatic carbocycles. The Hall–Kier alpha value is -1.22. The first-order chi connectivity index (χ1) is 7.63. The number of carbonyl (C=O) groups is 1. The third-order valence-corrected chi connectivity index (χ3v) is 2.54. The predicted octanol–water partition coefficient (Wildman–Crippen LogP) is 3.52. The van der Waals surface area contributed by atoms with E-state index in [4.69, 9.17) is 5.73 Å². The van der Waals surface area contributed by atoms with E-state index in [9.17, 15) is 4.79 Å². The zero-order valence-electron chi connectivity index (χ0n) is 10.5. The molecular weight excluding hydrogens is 236 g/mol. The van der Waals surface area contributed by atoms with Crippen LogP contribution < -0.4 is 11.1 Å². The number of halogens is 1. The number of unbranched alkanes of at least 4 members (excludes halogenated alkanes) is 2. The lowest BCUT2D eigenvalue weighted by Gasteiger charge is -2.08. The Balaban J connectivity index is 0.00000256. The van der Waals surface area contributed by atoms with Gasteiger partial charge in [0.2, 0.25) is 5.91 Å². The third-order valence-electron chi connectivity index (χ3n) is 2.54. The molecule has 0 aromatic heterocycles. The van der Waals surface area contributed by atoms with Crippen LogP contribution in [0, 0.1) is 6.92 Å². The van der Waals surface area contributed by atoms with Crippen molar-refractivity contribution in [1.29, 1.82) is 0 Å². The van der Waals surface area contributed by atoms with Crippen LogP contribution in [0.15, 0.2) is 18.2 Å². The molecule has 1 rings (SSSR count). The van der Waals surface area contributed by atoms with E-state index in [-0.39, 0.29) is 18.3 Å². The molecule has 0 saturated heterocycles. The first kappa shape index (κ1) is 15.8. The number of hydrogen-bond acceptors (Lipinski definition) is 2. The van der Waals surface area contributed by atoms with Gasteiger partial charge in [0, 0.05) is 17.8 Å². The number of hydrogen-bond donors (Lipinski definition) is 2. The summed E-state index contributed by atoms with van der Waals surface area (Å²) in [5, 5.41) is 2.89. The van der Waals surface area contributed by atoms with Crippen molar-refractivity contribution in [3.63, 3.8) is 0 Å². The van der Waals surface area contributed by atoms with Gasteiger partial charge in [-0.05, 0) is 31.0 Å². The third kappa shape index (κ3) is 5.59. The van der Waals surface area contributed by atoms with Gasteiger partial charge in [-0.2, -0.15) is 0 Å². The number of benzene rings is 1. The molecule has 0 heterocycles. The minimum atomic E-state index is 0. The normalized spacial score (nSPS) is 9.53. The van der Waals surface area contributed by atoms with Gasteiger partial charge in [-0.3, -0.25) is 4.79 Å². The Morgan fingerprint density at radius 3 is 2.71 bits per heavy atom. The molecule has 0 fully saturated rings. The first-order valence-corrected chi connectivity index (χ1v) is 5.79. The number of nitrogens with two attached hydrogens (primary N) is 1. The highest BCUT2D eigenvalue weighted by atomic mass is 35.5. The monoisotopic (exact) mass is 256 g/mol. The Morgan fingerprint density at radius 2 is 2.06 bits per heavy atom. The van der Waals surface area contributed by atoms with E-state index in [0.717, 1.165) is 30.5 Å². The van der Waals surface area contributed by atoms with Gasteiger partial charge in [0.05, 0.1) is 0 Å². The molecule has 1 aromatic rings. The lowest BCUT2D eigenvalue weighted by molar-refractivity contribution is -0.116. The van der Waals surface area contributed by atoms with Crippen molar-refractivity contribution in [3.05, 3.63) is 23.8 Å². The molecule has 17 heavy (non-hydrogen) atoms. The van der Waals surface area contributed by atoms with Gasteiger partial charge in [0.1, 0.15) is 0 Å². The molecule has 96 valence electrons. The van der Waals surface area contributed by atoms with Crippen LogP contribution in [-0.4, -0.2) is 5.91 Å². The van der Waals surface area contributed by atoms with Gasteiger partial charge >= 0.3 is 0 Å². The minimum Gasteiger partial charge on any atom is -0.399 e. The van der Waals surface area contributed by atoms with Crippen molar-refractivity contribution in [1.82, 2.24) is 0 Å². The standard InChI is InChI=1S/C13H20N2O.ClH/c1-3-4-5-6-13(16)15-12-9-11(14)8-7-10(12)2;/h7-9H,3-6,14H2,1-2H3,(H,15,16);1H. The SMILES string of the molecule is CCCCCC(=O)Nc1cc(N)ccc1C.Cl. The summed E-state index contributed by atoms with van der Waals surface area (Å²) in [5.41, 5.74) is 8.21. The second kappa shape index (κ2) is 7.96. The average molecular weight is 257 g/mol. The molecule has 1 amide bonds. The van der Waals surface area contributed by atoms with Crippen LogP contribution in [-0.2, 0) is 4.79 Å². The Bertz CT molecular complexity index is 366. The van der Waals surface area contributed by atoms with E-state index in [1.165, 1.54) is 0 Å². The first-order valence-electron chi connectivity index (χ1n) is 5.79. The topological polar surface area (TPSA) is 55.1 Å². The van der Waals surface area contributed by atoms with Gasteiger partial charge in [0.15, 0.2) is 0 Å². The lowest BCUT2D eigenvalue weighted by atomic mass is 10.1. The summed E-state index contributed by atoms with van der Waals surface area (Å²) in [6.45, 7) is 4.08. The molecule has 0 aliphatic carbocycles. The van der Waals surface area contributed by atoms with Crippen LogP contribution in [0.2, 0.25) is 0 Å². The molecule has 3 N–H and O–H groups in total. The van der Waals surface area contributed by atoms with Crippen LogP contribution in [0.3, 0.4) is 0 Å². The predicted molar refractivity (Wildman–Crippen MR) is 75.6 cm³/mol. The fraction of sp³-hybridized carbons (Fsp3) is 0.462. The molecule has 0 atom stereocenters. The van der Waals surface area contributed by atoms with Gasteiger partial charge in [0.25, 0.3) is 0 Å². The van der Waals surface area contributed by atoms with E-state index in [0.29, 0.717) is 12.1 Å². The molecule has 0 spiro atoms. The van der Waals surface area contributed by atoms with Crippen molar-refractivity contribution in [2.45, 2.75) is 39.5 Å². The molecule has 3 nitrogen and oxygen atoms in total. The molecule has 0 aliphatic heterocycles. The number of anilines is 2. The number of nitrogens with one attached hydrogen (secondary N) is 1. The molecule has 0 radical (unpaired) electrons. The number of rotatable bonds is 5. The highest BCUT2D eigenvalue weighted by Crippen LogP contribution is 2.18. The summed E-state index contributed by atoms with van der Waals surface area (Å²) >= 11 is 0. The van der Waals surface area contributed by atoms with Gasteiger partial charge in [-0.15, -0.1) is 12.4 Å². The maximum Gasteiger partial charge on any atom is 0.224 e. The summed E-state index contributed by atoms with van der Waals surface area (Å²) in [4.78, 5) is 11.6. The molecule has 0 unspecified atom stereocenters. The fourth-order valence-corrected chi connectivity index (χ4v) is 1.52. The van der Waals surface area contributed by atoms with Gasteiger partial charge < -0.3 is 11.1 Å². The van der Waals surface area contributed by atoms with Gasteiger partial charge in [-0.25, -0.2) is 0 Å². The van der Waals surface area contributed by atoms with Crippen molar-refractivity contribution < 1.29 is 4.79 Å². The fourth-order valence-electron chi connectivity index (χ4n) is 1.52. The van der Waals surface area contributed by atoms with Crippen LogP contribution in [0.25, 0.3) is 0 Å². The minimum absolute atomic E-state index is 0. The highest BCUT2D eigenvalue weighted by Gasteiger charge is 2.04. The van der Waals surface area contributed by atoms with E-state index in [2.05, 4.69) is 12.2 Å². The summed E-state index contributed by atoms with van der Waals surface area (Å²) < 4.78 is 0. The molecular formula is C13H21ClN2O. The Morgan fingerprint density at radius 1 is 1.35 bits per heavy atom. The van der Waals surface area contributed by atoms with E-state index in [1.807, 2.05) is 19.1 Å². The van der Waals surface area contributed by atoms with Crippen molar-refractivity contribution in [2.75, 3.05) is 11.1 Å². The number of aryl methyl sites for hydroxylation is 1. The van der Waals surface area contributed by atoms with Crippen LogP contribution in [0.5, 0.6) is 0 Å². The summed E-state index contributed by atoms with van der Waals surface area (Å²) in [6.07, 6.45) is 3.76. The summed E-state index contributed by atoms with van der Waals surface area (Å²) in [5.74, 6) is 0.0714. The van der Waals surface area contributed by atoms with Gasteiger partial charge in [-0.1, -0.05) is 25.8 Å². The average Bonchev–Trinajstić information content (AvgIpc) is 2.24. The highest BCUT2D eigenvalue weighted by molar-refractivity contribution is 5.91. The maximum absolute atomic E-state index is 11.6. The lowest BCUT2D eigenvalue weighted by Crippen LogP contribution is -2.12. The number of carbonyl (C=O) groups excluding carboxylic acids is 1. The Kier molecular flexibility index (Phi) is 7.39. The van der Waals surface area contributed by atoms with Crippen LogP contribution in [0.1, 0.15) is 38.2 Å². The molecule has 0 aliphatic rings. The number of amides is 1. The summed E-state index contributed by atoms with van der Waals surface area (Å²) in [7, 11) is 0. The number of nitrogen functional groups attached to an aromatic ring is 1. The van der Waals surface area contributed by atoms with E-state index < -0.39 is 0 Å². The quantitative estimate of drug-likeness (QED) is 0.626.